The van der Waals surface area contributed by atoms with E-state index in [9.17, 15) is 8.42 Å². The van der Waals surface area contributed by atoms with E-state index in [1.165, 1.54) is 0 Å². The van der Waals surface area contributed by atoms with Crippen molar-refractivity contribution in [2.75, 3.05) is 20.1 Å². The van der Waals surface area contributed by atoms with E-state index in [0.29, 0.717) is 19.0 Å². The zero-order valence-corrected chi connectivity index (χ0v) is 12.9. The van der Waals surface area contributed by atoms with Gasteiger partial charge < -0.3 is 5.73 Å². The van der Waals surface area contributed by atoms with Gasteiger partial charge in [-0.05, 0) is 45.1 Å². The fourth-order valence-corrected chi connectivity index (χ4v) is 5.39. The minimum atomic E-state index is -3.33. The maximum absolute atomic E-state index is 12.8. The second-order valence-electron chi connectivity index (χ2n) is 5.97. The molecule has 2 N–H and O–H groups in total. The summed E-state index contributed by atoms with van der Waals surface area (Å²) in [6.45, 7) is 3.26. The molecule has 2 rings (SSSR count). The molecule has 2 aliphatic rings. The molecule has 6 heteroatoms. The van der Waals surface area contributed by atoms with Crippen LogP contribution in [0.5, 0.6) is 0 Å². The Morgan fingerprint density at radius 3 is 2.58 bits per heavy atom. The number of rotatable bonds is 4. The van der Waals surface area contributed by atoms with Gasteiger partial charge in [0.1, 0.15) is 0 Å². The average molecular weight is 289 g/mol. The summed E-state index contributed by atoms with van der Waals surface area (Å²) in [5, 5.41) is 0. The molecule has 0 bridgehead atoms. The maximum atomic E-state index is 12.8. The highest BCUT2D eigenvalue weighted by atomic mass is 32.2. The summed E-state index contributed by atoms with van der Waals surface area (Å²) in [7, 11) is -1.60. The Bertz CT molecular complexity index is 399. The van der Waals surface area contributed by atoms with E-state index in [1.54, 1.807) is 15.7 Å². The van der Waals surface area contributed by atoms with Gasteiger partial charge in [-0.2, -0.15) is 17.0 Å². The molecule has 0 amide bonds. The molecule has 5 nitrogen and oxygen atoms in total. The van der Waals surface area contributed by atoms with E-state index in [1.807, 2.05) is 6.92 Å². The van der Waals surface area contributed by atoms with Gasteiger partial charge in [0.2, 0.25) is 0 Å². The first-order valence-corrected chi connectivity index (χ1v) is 8.83. The van der Waals surface area contributed by atoms with Crippen molar-refractivity contribution in [3.05, 3.63) is 0 Å². The lowest BCUT2D eigenvalue weighted by Crippen LogP contribution is -2.52. The monoisotopic (exact) mass is 289 g/mol. The van der Waals surface area contributed by atoms with Gasteiger partial charge in [-0.3, -0.25) is 0 Å². The average Bonchev–Trinajstić information content (AvgIpc) is 2.86. The van der Waals surface area contributed by atoms with Gasteiger partial charge in [0.15, 0.2) is 0 Å². The molecule has 1 heterocycles. The van der Waals surface area contributed by atoms with Crippen LogP contribution in [0, 0.1) is 5.92 Å². The molecular weight excluding hydrogens is 262 g/mol. The Morgan fingerprint density at radius 1 is 1.21 bits per heavy atom. The third-order valence-electron chi connectivity index (χ3n) is 4.79. The molecule has 1 saturated carbocycles. The Labute approximate surface area is 117 Å². The van der Waals surface area contributed by atoms with Gasteiger partial charge in [-0.15, -0.1) is 0 Å². The van der Waals surface area contributed by atoms with Crippen molar-refractivity contribution in [2.24, 2.45) is 11.7 Å². The highest BCUT2D eigenvalue weighted by Gasteiger charge is 2.40. The summed E-state index contributed by atoms with van der Waals surface area (Å²) in [5.41, 5.74) is 5.78. The second-order valence-corrected chi connectivity index (χ2v) is 7.91. The van der Waals surface area contributed by atoms with Crippen molar-refractivity contribution in [1.82, 2.24) is 8.61 Å². The van der Waals surface area contributed by atoms with Gasteiger partial charge in [0.05, 0.1) is 0 Å². The lowest BCUT2D eigenvalue weighted by Gasteiger charge is -2.38. The number of hydrogen-bond donors (Lipinski definition) is 1. The van der Waals surface area contributed by atoms with E-state index in [2.05, 4.69) is 0 Å². The van der Waals surface area contributed by atoms with Crippen LogP contribution in [0.3, 0.4) is 0 Å². The van der Waals surface area contributed by atoms with E-state index in [4.69, 9.17) is 5.73 Å². The Kier molecular flexibility index (Phi) is 4.87. The quantitative estimate of drug-likeness (QED) is 0.844. The molecule has 0 radical (unpaired) electrons. The van der Waals surface area contributed by atoms with Gasteiger partial charge in [0, 0.05) is 25.7 Å². The Balaban J connectivity index is 2.14. The topological polar surface area (TPSA) is 66.6 Å². The zero-order valence-electron chi connectivity index (χ0n) is 12.1. The molecule has 0 aromatic carbocycles. The van der Waals surface area contributed by atoms with Crippen LogP contribution >= 0.6 is 0 Å². The Hall–Kier alpha value is -0.170. The van der Waals surface area contributed by atoms with Crippen LogP contribution < -0.4 is 5.73 Å². The molecular formula is C13H27N3O2S. The van der Waals surface area contributed by atoms with Crippen molar-refractivity contribution in [1.29, 1.82) is 0 Å². The zero-order chi connectivity index (χ0) is 14.0. The van der Waals surface area contributed by atoms with E-state index >= 15 is 0 Å². The van der Waals surface area contributed by atoms with Gasteiger partial charge in [-0.1, -0.05) is 12.8 Å². The number of piperidine rings is 1. The highest BCUT2D eigenvalue weighted by molar-refractivity contribution is 7.86. The van der Waals surface area contributed by atoms with Crippen LogP contribution in [0.25, 0.3) is 0 Å². The number of nitrogens with two attached hydrogens (primary N) is 1. The summed E-state index contributed by atoms with van der Waals surface area (Å²) in [5.74, 6) is 0.319. The third-order valence-corrected chi connectivity index (χ3v) is 6.92. The highest BCUT2D eigenvalue weighted by Crippen LogP contribution is 2.32. The number of hydrogen-bond acceptors (Lipinski definition) is 3. The summed E-state index contributed by atoms with van der Waals surface area (Å²) < 4.78 is 28.8. The minimum Gasteiger partial charge on any atom is -0.330 e. The summed E-state index contributed by atoms with van der Waals surface area (Å²) in [6.07, 6.45) is 6.16. The van der Waals surface area contributed by atoms with Crippen molar-refractivity contribution < 1.29 is 8.42 Å². The van der Waals surface area contributed by atoms with Crippen LogP contribution in [0.4, 0.5) is 0 Å². The molecule has 2 fully saturated rings. The molecule has 0 spiro atoms. The van der Waals surface area contributed by atoms with E-state index in [0.717, 1.165) is 38.5 Å². The van der Waals surface area contributed by atoms with E-state index in [-0.39, 0.29) is 12.1 Å². The van der Waals surface area contributed by atoms with Crippen LogP contribution in [0.2, 0.25) is 0 Å². The fourth-order valence-electron chi connectivity index (χ4n) is 3.52. The minimum absolute atomic E-state index is 0.0872. The van der Waals surface area contributed by atoms with Crippen molar-refractivity contribution in [2.45, 2.75) is 57.5 Å². The molecule has 1 saturated heterocycles. The second kappa shape index (κ2) is 6.08. The molecule has 112 valence electrons. The van der Waals surface area contributed by atoms with Crippen molar-refractivity contribution in [3.8, 4) is 0 Å². The molecule has 19 heavy (non-hydrogen) atoms. The van der Waals surface area contributed by atoms with Gasteiger partial charge in [0.25, 0.3) is 10.2 Å². The first kappa shape index (κ1) is 15.2. The summed E-state index contributed by atoms with van der Waals surface area (Å²) >= 11 is 0. The lowest BCUT2D eigenvalue weighted by molar-refractivity contribution is 0.226. The van der Waals surface area contributed by atoms with Crippen LogP contribution in [-0.4, -0.2) is 49.2 Å². The molecule has 0 aromatic rings. The largest absolute Gasteiger partial charge is 0.330 e. The van der Waals surface area contributed by atoms with Gasteiger partial charge >= 0.3 is 0 Å². The summed E-state index contributed by atoms with van der Waals surface area (Å²) in [4.78, 5) is 0. The van der Waals surface area contributed by atoms with Crippen molar-refractivity contribution in [3.63, 3.8) is 0 Å². The first-order chi connectivity index (χ1) is 8.98. The first-order valence-electron chi connectivity index (χ1n) is 7.43. The molecule has 3 atom stereocenters. The van der Waals surface area contributed by atoms with Crippen molar-refractivity contribution >= 4 is 10.2 Å². The molecule has 1 aliphatic carbocycles. The van der Waals surface area contributed by atoms with Crippen LogP contribution in [-0.2, 0) is 10.2 Å². The fraction of sp³-hybridized carbons (Fsp3) is 1.00. The molecule has 0 aromatic heterocycles. The Morgan fingerprint density at radius 2 is 1.95 bits per heavy atom. The maximum Gasteiger partial charge on any atom is 0.282 e. The SMILES string of the molecule is CC1CCCCN1S(=O)(=O)N(C)C1CCCC1CN. The van der Waals surface area contributed by atoms with Crippen LogP contribution in [0.1, 0.15) is 45.4 Å². The van der Waals surface area contributed by atoms with E-state index < -0.39 is 10.2 Å². The van der Waals surface area contributed by atoms with Gasteiger partial charge in [-0.25, -0.2) is 0 Å². The predicted octanol–water partition coefficient (Wildman–Crippen LogP) is 1.16. The number of nitrogens with zero attached hydrogens (tertiary/aromatic N) is 2. The summed E-state index contributed by atoms with van der Waals surface area (Å²) in [6, 6.07) is 0.211. The third kappa shape index (κ3) is 2.96. The normalized spacial score (nSPS) is 34.0. The van der Waals surface area contributed by atoms with Crippen LogP contribution in [0.15, 0.2) is 0 Å². The molecule has 1 aliphatic heterocycles. The smallest absolute Gasteiger partial charge is 0.282 e. The lowest BCUT2D eigenvalue weighted by atomic mass is 10.0. The molecule has 3 unspecified atom stereocenters. The predicted molar refractivity (Wildman–Crippen MR) is 76.9 cm³/mol. The standard InChI is InChI=1S/C13H27N3O2S/c1-11-6-3-4-9-16(11)19(17,18)15(2)13-8-5-7-12(13)10-14/h11-13H,3-10,14H2,1-2H3.